The lowest BCUT2D eigenvalue weighted by molar-refractivity contribution is -0.123. The summed E-state index contributed by atoms with van der Waals surface area (Å²) in [6.45, 7) is 13.1. The molecule has 1 aromatic rings. The Balaban J connectivity index is 2.48. The summed E-state index contributed by atoms with van der Waals surface area (Å²) in [4.78, 5) is 26.4. The van der Waals surface area contributed by atoms with Crippen molar-refractivity contribution < 1.29 is 14.7 Å². The van der Waals surface area contributed by atoms with Crippen LogP contribution < -0.4 is 5.73 Å². The molecule has 26 heavy (non-hydrogen) atoms. The van der Waals surface area contributed by atoms with Gasteiger partial charge in [0.1, 0.15) is 5.75 Å². The van der Waals surface area contributed by atoms with E-state index in [1.807, 2.05) is 41.5 Å². The summed E-state index contributed by atoms with van der Waals surface area (Å²) in [6.07, 6.45) is 1.50. The lowest BCUT2D eigenvalue weighted by atomic mass is 9.78. The van der Waals surface area contributed by atoms with Gasteiger partial charge in [-0.1, -0.05) is 41.5 Å². The number of amides is 2. The van der Waals surface area contributed by atoms with Crippen molar-refractivity contribution in [1.29, 1.82) is 0 Å². The topological polar surface area (TPSA) is 83.6 Å². The highest BCUT2D eigenvalue weighted by atomic mass is 16.3. The molecule has 5 heteroatoms. The molecule has 0 radical (unpaired) electrons. The van der Waals surface area contributed by atoms with Gasteiger partial charge in [-0.25, -0.2) is 0 Å². The molecule has 0 unspecified atom stereocenters. The van der Waals surface area contributed by atoms with Crippen LogP contribution in [0.2, 0.25) is 0 Å². The fraction of sp³-hybridized carbons (Fsp3) is 0.619. The van der Waals surface area contributed by atoms with E-state index < -0.39 is 0 Å². The minimum atomic E-state index is -0.348. The molecular weight excluding hydrogens is 328 g/mol. The van der Waals surface area contributed by atoms with Crippen LogP contribution in [0.3, 0.4) is 0 Å². The molecule has 1 saturated heterocycles. The maximum absolute atomic E-state index is 13.1. The molecule has 0 spiro atoms. The van der Waals surface area contributed by atoms with Gasteiger partial charge in [-0.15, -0.1) is 0 Å². The first-order valence-electron chi connectivity index (χ1n) is 9.29. The van der Waals surface area contributed by atoms with Gasteiger partial charge in [-0.2, -0.15) is 0 Å². The van der Waals surface area contributed by atoms with Crippen molar-refractivity contribution >= 4 is 11.8 Å². The van der Waals surface area contributed by atoms with Crippen LogP contribution in [0, 0.1) is 5.92 Å². The molecule has 2 amide bonds. The zero-order valence-electron chi connectivity index (χ0n) is 16.8. The first-order valence-corrected chi connectivity index (χ1v) is 9.29. The number of hydrogen-bond acceptors (Lipinski definition) is 3. The summed E-state index contributed by atoms with van der Waals surface area (Å²) in [5, 5.41) is 10.8. The van der Waals surface area contributed by atoms with Crippen molar-refractivity contribution in [2.24, 2.45) is 11.7 Å². The number of phenolic OH excluding ortho intramolecular Hbond substituents is 1. The van der Waals surface area contributed by atoms with Gasteiger partial charge >= 0.3 is 0 Å². The Morgan fingerprint density at radius 2 is 1.58 bits per heavy atom. The largest absolute Gasteiger partial charge is 0.507 e. The van der Waals surface area contributed by atoms with E-state index in [-0.39, 0.29) is 34.3 Å². The van der Waals surface area contributed by atoms with Gasteiger partial charge in [-0.3, -0.25) is 9.59 Å². The lowest BCUT2D eigenvalue weighted by Crippen LogP contribution is -2.44. The van der Waals surface area contributed by atoms with E-state index in [4.69, 9.17) is 5.73 Å². The number of benzene rings is 1. The average molecular weight is 360 g/mol. The van der Waals surface area contributed by atoms with Crippen LogP contribution in [0.5, 0.6) is 5.75 Å². The van der Waals surface area contributed by atoms with Crippen LogP contribution in [0.1, 0.15) is 75.9 Å². The molecule has 3 N–H and O–H groups in total. The summed E-state index contributed by atoms with van der Waals surface area (Å²) in [5.41, 5.74) is 6.93. The number of rotatable bonds is 2. The molecule has 1 fully saturated rings. The zero-order chi connectivity index (χ0) is 19.9. The first-order chi connectivity index (χ1) is 11.8. The average Bonchev–Trinajstić information content (AvgIpc) is 2.52. The van der Waals surface area contributed by atoms with Crippen molar-refractivity contribution in [2.75, 3.05) is 13.1 Å². The molecule has 5 nitrogen and oxygen atoms in total. The molecule has 144 valence electrons. The summed E-state index contributed by atoms with van der Waals surface area (Å²) in [6, 6.07) is 3.58. The molecule has 0 aliphatic carbocycles. The third-order valence-electron chi connectivity index (χ3n) is 5.08. The number of likely N-dealkylation sites (tertiary alicyclic amines) is 1. The Bertz CT molecular complexity index is 676. The number of carbonyl (C=O) groups is 2. The number of carbonyl (C=O) groups excluding carboxylic acids is 2. The number of primary amides is 1. The van der Waals surface area contributed by atoms with Crippen molar-refractivity contribution in [1.82, 2.24) is 4.90 Å². The van der Waals surface area contributed by atoms with Crippen LogP contribution in [0.4, 0.5) is 0 Å². The Kier molecular flexibility index (Phi) is 5.41. The molecule has 1 atom stereocenters. The molecule has 2 rings (SSSR count). The van der Waals surface area contributed by atoms with Crippen LogP contribution >= 0.6 is 0 Å². The normalized spacial score (nSPS) is 18.7. The second-order valence-electron chi connectivity index (χ2n) is 9.41. The SMILES string of the molecule is CC(C)(C)c1cc(C(=O)N2CCC[C@H](C(N)=O)C2)cc(C(C)(C)C)c1O. The summed E-state index contributed by atoms with van der Waals surface area (Å²) in [7, 11) is 0. The van der Waals surface area contributed by atoms with Crippen LogP contribution in [-0.2, 0) is 15.6 Å². The van der Waals surface area contributed by atoms with Gasteiger partial charge in [-0.05, 0) is 35.8 Å². The number of piperidine rings is 1. The molecule has 1 aliphatic heterocycles. The van der Waals surface area contributed by atoms with Gasteiger partial charge in [0.25, 0.3) is 5.91 Å². The number of phenols is 1. The second-order valence-corrected chi connectivity index (χ2v) is 9.41. The third-order valence-corrected chi connectivity index (χ3v) is 5.08. The van der Waals surface area contributed by atoms with Gasteiger partial charge in [0.2, 0.25) is 5.91 Å². The molecule has 1 aliphatic rings. The Morgan fingerprint density at radius 3 is 2.00 bits per heavy atom. The highest BCUT2D eigenvalue weighted by molar-refractivity contribution is 5.95. The molecule has 1 heterocycles. The van der Waals surface area contributed by atoms with E-state index in [1.54, 1.807) is 17.0 Å². The number of hydrogen-bond donors (Lipinski definition) is 2. The van der Waals surface area contributed by atoms with Crippen molar-refractivity contribution in [2.45, 2.75) is 65.2 Å². The predicted molar refractivity (Wildman–Crippen MR) is 103 cm³/mol. The summed E-state index contributed by atoms with van der Waals surface area (Å²) >= 11 is 0. The molecular formula is C21H32N2O3. The van der Waals surface area contributed by atoms with Crippen LogP contribution in [0.15, 0.2) is 12.1 Å². The van der Waals surface area contributed by atoms with Gasteiger partial charge in [0, 0.05) is 29.8 Å². The first kappa shape index (κ1) is 20.3. The quantitative estimate of drug-likeness (QED) is 0.848. The minimum absolute atomic E-state index is 0.105. The Morgan fingerprint density at radius 1 is 1.08 bits per heavy atom. The van der Waals surface area contributed by atoms with Gasteiger partial charge in [0.05, 0.1) is 5.92 Å². The van der Waals surface area contributed by atoms with Crippen molar-refractivity contribution in [3.8, 4) is 5.75 Å². The smallest absolute Gasteiger partial charge is 0.253 e. The van der Waals surface area contributed by atoms with E-state index >= 15 is 0 Å². The monoisotopic (exact) mass is 360 g/mol. The molecule has 1 aromatic carbocycles. The highest BCUT2D eigenvalue weighted by Crippen LogP contribution is 2.40. The van der Waals surface area contributed by atoms with E-state index in [0.717, 1.165) is 24.0 Å². The predicted octanol–water partition coefficient (Wildman–Crippen LogP) is 3.32. The van der Waals surface area contributed by atoms with Crippen molar-refractivity contribution in [3.05, 3.63) is 28.8 Å². The van der Waals surface area contributed by atoms with Gasteiger partial charge < -0.3 is 15.7 Å². The standard InChI is InChI=1S/C21H32N2O3/c1-20(2,3)15-10-14(11-16(17(15)24)21(4,5)6)19(26)23-9-7-8-13(12-23)18(22)25/h10-11,13,24H,7-9,12H2,1-6H3,(H2,22,25)/t13-/m0/s1. The maximum atomic E-state index is 13.1. The highest BCUT2D eigenvalue weighted by Gasteiger charge is 2.31. The fourth-order valence-corrected chi connectivity index (χ4v) is 3.48. The second kappa shape index (κ2) is 6.93. The van der Waals surface area contributed by atoms with Crippen LogP contribution in [0.25, 0.3) is 0 Å². The maximum Gasteiger partial charge on any atom is 0.253 e. The Labute approximate surface area is 156 Å². The van der Waals surface area contributed by atoms with Crippen molar-refractivity contribution in [3.63, 3.8) is 0 Å². The van der Waals surface area contributed by atoms with Crippen LogP contribution in [-0.4, -0.2) is 34.9 Å². The fourth-order valence-electron chi connectivity index (χ4n) is 3.48. The molecule has 0 aromatic heterocycles. The number of nitrogens with zero attached hydrogens (tertiary/aromatic N) is 1. The van der Waals surface area contributed by atoms with E-state index in [2.05, 4.69) is 0 Å². The summed E-state index contributed by atoms with van der Waals surface area (Å²) in [5.74, 6) is -0.477. The number of aromatic hydroxyl groups is 1. The lowest BCUT2D eigenvalue weighted by Gasteiger charge is -2.33. The molecule has 0 bridgehead atoms. The zero-order valence-corrected chi connectivity index (χ0v) is 16.8. The van der Waals surface area contributed by atoms with E-state index in [9.17, 15) is 14.7 Å². The number of nitrogens with two attached hydrogens (primary N) is 1. The minimum Gasteiger partial charge on any atom is -0.507 e. The van der Waals surface area contributed by atoms with E-state index in [1.165, 1.54) is 0 Å². The third kappa shape index (κ3) is 4.19. The van der Waals surface area contributed by atoms with Gasteiger partial charge in [0.15, 0.2) is 0 Å². The molecule has 0 saturated carbocycles. The summed E-state index contributed by atoms with van der Waals surface area (Å²) < 4.78 is 0. The van der Waals surface area contributed by atoms with E-state index in [0.29, 0.717) is 18.7 Å². The Hall–Kier alpha value is -2.04.